The molecule has 29 heavy (non-hydrogen) atoms. The lowest BCUT2D eigenvalue weighted by Crippen LogP contribution is -2.33. The maximum atomic E-state index is 12.6. The van der Waals surface area contributed by atoms with Crippen LogP contribution in [0, 0.1) is 23.0 Å². The van der Waals surface area contributed by atoms with E-state index < -0.39 is 16.8 Å². The van der Waals surface area contributed by atoms with E-state index in [2.05, 4.69) is 12.2 Å². The van der Waals surface area contributed by atoms with E-state index in [0.717, 1.165) is 25.9 Å². The highest BCUT2D eigenvalue weighted by Gasteiger charge is 2.25. The Morgan fingerprint density at radius 1 is 1.14 bits per heavy atom. The van der Waals surface area contributed by atoms with Gasteiger partial charge >= 0.3 is 5.97 Å². The third-order valence-corrected chi connectivity index (χ3v) is 5.28. The van der Waals surface area contributed by atoms with Crippen molar-refractivity contribution in [3.63, 3.8) is 0 Å². The predicted molar refractivity (Wildman–Crippen MR) is 110 cm³/mol. The molecule has 1 amide bonds. The van der Waals surface area contributed by atoms with Gasteiger partial charge in [0.25, 0.3) is 11.6 Å². The molecular weight excluding hydrogens is 374 g/mol. The molecule has 0 aromatic heterocycles. The van der Waals surface area contributed by atoms with Gasteiger partial charge in [0.2, 0.25) is 0 Å². The molecule has 8 heteroatoms. The van der Waals surface area contributed by atoms with E-state index in [1.54, 1.807) is 19.1 Å². The molecule has 0 spiro atoms. The number of hydrogen-bond acceptors (Lipinski definition) is 5. The summed E-state index contributed by atoms with van der Waals surface area (Å²) in [5.41, 5.74) is 1.78. The van der Waals surface area contributed by atoms with Crippen molar-refractivity contribution in [3.05, 3.63) is 63.2 Å². The van der Waals surface area contributed by atoms with Crippen LogP contribution in [-0.2, 0) is 0 Å². The maximum absolute atomic E-state index is 12.6. The van der Waals surface area contributed by atoms with Gasteiger partial charge in [0.15, 0.2) is 0 Å². The van der Waals surface area contributed by atoms with Crippen LogP contribution in [0.1, 0.15) is 46.0 Å². The number of aryl methyl sites for hydroxylation is 1. The topological polar surface area (TPSA) is 113 Å². The standard InChI is InChI=1S/C21H23N3O5/c1-13-7-9-23(10-8-13)18-6-4-15(12-19(18)24(28)29)20(25)22-17-5-3-16(21(26)27)11-14(17)2/h3-6,11-13H,7-10H2,1-2H3,(H,22,25)(H,26,27). The zero-order chi connectivity index (χ0) is 21.1. The van der Waals surface area contributed by atoms with Crippen molar-refractivity contribution in [3.8, 4) is 0 Å². The third-order valence-electron chi connectivity index (χ3n) is 5.28. The number of aromatic carboxylic acids is 1. The number of nitro benzene ring substituents is 1. The van der Waals surface area contributed by atoms with Crippen LogP contribution in [0.2, 0.25) is 0 Å². The number of amides is 1. The van der Waals surface area contributed by atoms with Crippen LogP contribution in [-0.4, -0.2) is 35.0 Å². The van der Waals surface area contributed by atoms with E-state index in [-0.39, 0.29) is 16.8 Å². The number of benzene rings is 2. The van der Waals surface area contributed by atoms with Gasteiger partial charge in [0, 0.05) is 30.4 Å². The zero-order valence-corrected chi connectivity index (χ0v) is 16.3. The Labute approximate surface area is 168 Å². The molecule has 0 bridgehead atoms. The van der Waals surface area contributed by atoms with Gasteiger partial charge in [-0.25, -0.2) is 4.79 Å². The number of rotatable bonds is 5. The summed E-state index contributed by atoms with van der Waals surface area (Å²) in [5.74, 6) is -0.937. The molecule has 0 aliphatic carbocycles. The Morgan fingerprint density at radius 2 is 1.79 bits per heavy atom. The Kier molecular flexibility index (Phi) is 5.81. The highest BCUT2D eigenvalue weighted by molar-refractivity contribution is 6.05. The van der Waals surface area contributed by atoms with Crippen molar-refractivity contribution in [2.45, 2.75) is 26.7 Å². The second-order valence-electron chi connectivity index (χ2n) is 7.42. The number of nitrogens with zero attached hydrogens (tertiary/aromatic N) is 2. The normalized spacial score (nSPS) is 14.5. The molecule has 152 valence electrons. The summed E-state index contributed by atoms with van der Waals surface area (Å²) in [6.45, 7) is 5.36. The number of carbonyl (C=O) groups excluding carboxylic acids is 1. The van der Waals surface area contributed by atoms with E-state index >= 15 is 0 Å². The number of nitro groups is 1. The molecule has 1 fully saturated rings. The highest BCUT2D eigenvalue weighted by Crippen LogP contribution is 2.32. The lowest BCUT2D eigenvalue weighted by molar-refractivity contribution is -0.384. The minimum atomic E-state index is -1.05. The Bertz CT molecular complexity index is 965. The summed E-state index contributed by atoms with van der Waals surface area (Å²) in [4.78, 5) is 36.8. The van der Waals surface area contributed by atoms with Gasteiger partial charge in [-0.05, 0) is 61.6 Å². The van der Waals surface area contributed by atoms with Crippen molar-refractivity contribution in [1.29, 1.82) is 0 Å². The summed E-state index contributed by atoms with van der Waals surface area (Å²) in [6, 6.07) is 8.87. The zero-order valence-electron chi connectivity index (χ0n) is 16.3. The molecule has 2 aromatic carbocycles. The van der Waals surface area contributed by atoms with E-state index in [9.17, 15) is 19.7 Å². The monoisotopic (exact) mass is 397 g/mol. The molecule has 2 N–H and O–H groups in total. The number of anilines is 2. The average molecular weight is 397 g/mol. The van der Waals surface area contributed by atoms with Gasteiger partial charge in [-0.15, -0.1) is 0 Å². The van der Waals surface area contributed by atoms with Crippen LogP contribution in [0.15, 0.2) is 36.4 Å². The van der Waals surface area contributed by atoms with Crippen molar-refractivity contribution in [1.82, 2.24) is 0 Å². The molecule has 1 aliphatic rings. The Hall–Kier alpha value is -3.42. The first-order chi connectivity index (χ1) is 13.8. The smallest absolute Gasteiger partial charge is 0.335 e. The van der Waals surface area contributed by atoms with Gasteiger partial charge in [-0.1, -0.05) is 6.92 Å². The predicted octanol–water partition coefficient (Wildman–Crippen LogP) is 4.09. The minimum Gasteiger partial charge on any atom is -0.478 e. The van der Waals surface area contributed by atoms with Gasteiger partial charge in [-0.2, -0.15) is 0 Å². The number of hydrogen-bond donors (Lipinski definition) is 2. The largest absolute Gasteiger partial charge is 0.478 e. The van der Waals surface area contributed by atoms with Crippen LogP contribution < -0.4 is 10.2 Å². The molecule has 1 aliphatic heterocycles. The van der Waals surface area contributed by atoms with E-state index in [1.807, 2.05) is 4.90 Å². The fourth-order valence-corrected chi connectivity index (χ4v) is 3.46. The molecule has 0 saturated carbocycles. The van der Waals surface area contributed by atoms with Crippen molar-refractivity contribution < 1.29 is 19.6 Å². The molecule has 0 atom stereocenters. The van der Waals surface area contributed by atoms with E-state index in [4.69, 9.17) is 5.11 Å². The highest BCUT2D eigenvalue weighted by atomic mass is 16.6. The molecule has 2 aromatic rings. The molecule has 3 rings (SSSR count). The van der Waals surface area contributed by atoms with Crippen LogP contribution >= 0.6 is 0 Å². The first-order valence-electron chi connectivity index (χ1n) is 9.45. The number of piperidine rings is 1. The molecular formula is C21H23N3O5. The minimum absolute atomic E-state index is 0.0925. The fraction of sp³-hybridized carbons (Fsp3) is 0.333. The summed E-state index contributed by atoms with van der Waals surface area (Å²) < 4.78 is 0. The number of nitrogens with one attached hydrogen (secondary N) is 1. The van der Waals surface area contributed by atoms with Crippen molar-refractivity contribution in [2.24, 2.45) is 5.92 Å². The van der Waals surface area contributed by atoms with Crippen molar-refractivity contribution in [2.75, 3.05) is 23.3 Å². The van der Waals surface area contributed by atoms with Crippen LogP contribution in [0.4, 0.5) is 17.1 Å². The third kappa shape index (κ3) is 4.53. The second kappa shape index (κ2) is 8.30. The molecule has 1 heterocycles. The summed E-state index contributed by atoms with van der Waals surface area (Å²) in [5, 5.41) is 23.3. The first-order valence-corrected chi connectivity index (χ1v) is 9.45. The number of carbonyl (C=O) groups is 2. The van der Waals surface area contributed by atoms with Crippen LogP contribution in [0.25, 0.3) is 0 Å². The number of carboxylic acids is 1. The molecule has 8 nitrogen and oxygen atoms in total. The molecule has 1 saturated heterocycles. The average Bonchev–Trinajstić information content (AvgIpc) is 2.69. The maximum Gasteiger partial charge on any atom is 0.335 e. The second-order valence-corrected chi connectivity index (χ2v) is 7.42. The van der Waals surface area contributed by atoms with Gasteiger partial charge in [-0.3, -0.25) is 14.9 Å². The van der Waals surface area contributed by atoms with Gasteiger partial charge in [0.1, 0.15) is 5.69 Å². The molecule has 0 unspecified atom stereocenters. The Morgan fingerprint density at radius 3 is 2.38 bits per heavy atom. The first kappa shape index (κ1) is 20.3. The van der Waals surface area contributed by atoms with Gasteiger partial charge < -0.3 is 15.3 Å². The van der Waals surface area contributed by atoms with Crippen LogP contribution in [0.3, 0.4) is 0 Å². The lowest BCUT2D eigenvalue weighted by atomic mass is 9.98. The lowest BCUT2D eigenvalue weighted by Gasteiger charge is -2.31. The molecule has 0 radical (unpaired) electrons. The van der Waals surface area contributed by atoms with E-state index in [1.165, 1.54) is 24.3 Å². The number of carboxylic acid groups (broad SMARTS) is 1. The summed E-state index contributed by atoms with van der Waals surface area (Å²) in [6.07, 6.45) is 1.95. The van der Waals surface area contributed by atoms with Gasteiger partial charge in [0.05, 0.1) is 10.5 Å². The summed E-state index contributed by atoms with van der Waals surface area (Å²) >= 11 is 0. The fourth-order valence-electron chi connectivity index (χ4n) is 3.46. The van der Waals surface area contributed by atoms with E-state index in [0.29, 0.717) is 22.9 Å². The Balaban J connectivity index is 1.83. The SMILES string of the molecule is Cc1cc(C(=O)O)ccc1NC(=O)c1ccc(N2CCC(C)CC2)c([N+](=O)[O-])c1. The van der Waals surface area contributed by atoms with Crippen LogP contribution in [0.5, 0.6) is 0 Å². The summed E-state index contributed by atoms with van der Waals surface area (Å²) in [7, 11) is 0. The quantitative estimate of drug-likeness (QED) is 0.580. The van der Waals surface area contributed by atoms with Crippen molar-refractivity contribution >= 4 is 28.9 Å².